The molecule has 0 aromatic carbocycles. The van der Waals surface area contributed by atoms with Crippen LogP contribution in [0.15, 0.2) is 4.76 Å². The molecule has 0 fully saturated rings. The summed E-state index contributed by atoms with van der Waals surface area (Å²) in [6, 6.07) is 0. The van der Waals surface area contributed by atoms with Gasteiger partial charge in [-0.2, -0.15) is 0 Å². The number of nitrogens with zero attached hydrogens (tertiary/aromatic N) is 2. The molecule has 0 atom stereocenters. The van der Waals surface area contributed by atoms with Crippen LogP contribution in [0.1, 0.15) is 0 Å². The molecule has 0 bridgehead atoms. The van der Waals surface area contributed by atoms with E-state index in [1.807, 2.05) is 0 Å². The van der Waals surface area contributed by atoms with Crippen LogP contribution >= 0.6 is 7.75 Å². The number of carboxylic acid groups (broad SMARTS) is 1. The molecule has 0 aliphatic carbocycles. The van der Waals surface area contributed by atoms with E-state index in [1.165, 1.54) is 7.05 Å². The van der Waals surface area contributed by atoms with Gasteiger partial charge in [0.2, 0.25) is 5.96 Å². The number of hydrogen-bond donors (Lipinski definition) is 3. The van der Waals surface area contributed by atoms with Crippen molar-refractivity contribution in [2.24, 2.45) is 10.5 Å². The second-order valence-corrected chi connectivity index (χ2v) is 3.43. The summed E-state index contributed by atoms with van der Waals surface area (Å²) in [5, 5.41) is 10.0. The van der Waals surface area contributed by atoms with Gasteiger partial charge in [-0.3, -0.25) is 0 Å². The van der Waals surface area contributed by atoms with E-state index in [-0.39, 0.29) is 103 Å². The van der Waals surface area contributed by atoms with Crippen LogP contribution in [0.3, 0.4) is 0 Å². The smallest absolute Gasteiger partial charge is 0.548 e. The van der Waals surface area contributed by atoms with Gasteiger partial charge in [0.25, 0.3) is 0 Å². The third kappa shape index (κ3) is 14.1. The topological polar surface area (TPSA) is 139 Å². The molecule has 0 aromatic rings. The molecule has 0 unspecified atom stereocenters. The van der Waals surface area contributed by atoms with Gasteiger partial charge in [-0.15, -0.1) is 4.76 Å². The molecule has 0 spiro atoms. The molecule has 15 heavy (non-hydrogen) atoms. The first-order valence-electron chi connectivity index (χ1n) is 3.04. The summed E-state index contributed by atoms with van der Waals surface area (Å²) < 4.78 is 13.0. The van der Waals surface area contributed by atoms with Gasteiger partial charge < -0.3 is 30.3 Å². The van der Waals surface area contributed by atoms with Crippen LogP contribution in [0.25, 0.3) is 0 Å². The van der Waals surface area contributed by atoms with Crippen LogP contribution in [0.4, 0.5) is 0 Å². The second-order valence-electron chi connectivity index (χ2n) is 2.20. The maximum Gasteiger partial charge on any atom is 1.00 e. The molecule has 0 amide bonds. The quantitative estimate of drug-likeness (QED) is 0.203. The number of carboxylic acids is 1. The first-order chi connectivity index (χ1) is 5.72. The van der Waals surface area contributed by atoms with Crippen molar-refractivity contribution in [3.05, 3.63) is 0 Å². The van der Waals surface area contributed by atoms with Crippen LogP contribution in [0.5, 0.6) is 0 Å². The fraction of sp³-hybridized carbons (Fsp3) is 0.500. The summed E-state index contributed by atoms with van der Waals surface area (Å²) in [6.07, 6.45) is 0. The summed E-state index contributed by atoms with van der Waals surface area (Å²) in [5.74, 6) is -1.98. The number of guanidine groups is 1. The number of carbonyl (C=O) groups excluding carboxylic acids is 1. The van der Waals surface area contributed by atoms with Crippen molar-refractivity contribution in [1.29, 1.82) is 0 Å². The van der Waals surface area contributed by atoms with Gasteiger partial charge in [0.15, 0.2) is 0 Å². The Morgan fingerprint density at radius 2 is 1.93 bits per heavy atom. The fourth-order valence-electron chi connectivity index (χ4n) is 0.484. The van der Waals surface area contributed by atoms with E-state index in [0.29, 0.717) is 0 Å². The Labute approximate surface area is 172 Å². The van der Waals surface area contributed by atoms with Crippen LogP contribution in [0, 0.1) is 0 Å². The van der Waals surface area contributed by atoms with E-state index in [4.69, 9.17) is 15.5 Å². The maximum absolute atomic E-state index is 10.3. The molecular formula is C4H9K2N3O5P+. The van der Waals surface area contributed by atoms with Crippen molar-refractivity contribution in [3.8, 4) is 0 Å². The fourth-order valence-corrected chi connectivity index (χ4v) is 0.904. The van der Waals surface area contributed by atoms with E-state index in [1.54, 1.807) is 0 Å². The summed E-state index contributed by atoms with van der Waals surface area (Å²) >= 11 is 0. The maximum atomic E-state index is 10.3. The van der Waals surface area contributed by atoms with Crippen molar-refractivity contribution < 1.29 is 127 Å². The molecule has 0 radical (unpaired) electrons. The number of likely N-dealkylation sites (N-methyl/N-ethyl adjacent to an activating group) is 1. The Morgan fingerprint density at radius 3 is 2.20 bits per heavy atom. The van der Waals surface area contributed by atoms with Crippen molar-refractivity contribution in [2.75, 3.05) is 13.6 Å². The second kappa shape index (κ2) is 10.1. The summed E-state index contributed by atoms with van der Waals surface area (Å²) in [7, 11) is -3.40. The van der Waals surface area contributed by atoms with Gasteiger partial charge in [0, 0.05) is 7.05 Å². The van der Waals surface area contributed by atoms with Crippen LogP contribution in [-0.4, -0.2) is 40.2 Å². The predicted octanol–water partition coefficient (Wildman–Crippen LogP) is -8.92. The van der Waals surface area contributed by atoms with E-state index in [2.05, 4.69) is 4.76 Å². The molecule has 0 aromatic heterocycles. The van der Waals surface area contributed by atoms with Gasteiger partial charge in [-0.1, -0.05) is 0 Å². The van der Waals surface area contributed by atoms with Crippen LogP contribution < -0.4 is 114 Å². The molecule has 4 N–H and O–H groups in total. The van der Waals surface area contributed by atoms with Crippen molar-refractivity contribution >= 4 is 19.7 Å². The minimum atomic E-state index is -4.61. The molecule has 0 saturated carbocycles. The van der Waals surface area contributed by atoms with Crippen molar-refractivity contribution in [2.45, 2.75) is 0 Å². The standard InChI is InChI=1S/C4H10N3O5P.2K/c1-7(2-3(8)9)4(5)6-13(10,11)12;;/h2H2,1H3,(H,8,9)(H4,5,6,10,11,12);;/q;2*+1/p-1. The van der Waals surface area contributed by atoms with E-state index >= 15 is 0 Å². The van der Waals surface area contributed by atoms with E-state index in [0.717, 1.165) is 4.90 Å². The Hall–Kier alpha value is 2.16. The average Bonchev–Trinajstić information content (AvgIpc) is 1.81. The molecular weight excluding hydrogens is 279 g/mol. The molecule has 0 heterocycles. The summed E-state index contributed by atoms with van der Waals surface area (Å²) in [4.78, 5) is 27.5. The molecule has 0 saturated heterocycles. The Kier molecular flexibility index (Phi) is 15.1. The first kappa shape index (κ1) is 22.4. The number of hydrogen-bond acceptors (Lipinski definition) is 3. The van der Waals surface area contributed by atoms with Crippen molar-refractivity contribution in [3.63, 3.8) is 0 Å². The number of nitrogens with two attached hydrogens (primary N) is 1. The average molecular weight is 288 g/mol. The van der Waals surface area contributed by atoms with Gasteiger partial charge in [0.1, 0.15) is 0 Å². The molecule has 0 aliphatic rings. The third-order valence-corrected chi connectivity index (χ3v) is 1.46. The Bertz CT molecular complexity index is 279. The zero-order valence-electron chi connectivity index (χ0n) is 8.75. The van der Waals surface area contributed by atoms with Gasteiger partial charge in [0.05, 0.1) is 12.5 Å². The van der Waals surface area contributed by atoms with Crippen LogP contribution in [-0.2, 0) is 9.36 Å². The molecule has 11 heteroatoms. The van der Waals surface area contributed by atoms with Gasteiger partial charge >= 0.3 is 111 Å². The van der Waals surface area contributed by atoms with E-state index < -0.39 is 26.2 Å². The van der Waals surface area contributed by atoms with Crippen molar-refractivity contribution in [1.82, 2.24) is 4.90 Å². The van der Waals surface area contributed by atoms with Gasteiger partial charge in [-0.05, 0) is 0 Å². The monoisotopic (exact) mass is 288 g/mol. The number of carbonyl (C=O) groups is 1. The largest absolute Gasteiger partial charge is 1.00 e. The zero-order valence-corrected chi connectivity index (χ0v) is 15.9. The first-order valence-corrected chi connectivity index (χ1v) is 4.61. The SMILES string of the molecule is CN(CC(=O)[O-])/C(N)=N\P(=O)(O)O.[K+].[K+]. The third-order valence-electron chi connectivity index (χ3n) is 0.990. The normalized spacial score (nSPS) is 11.0. The number of rotatable bonds is 3. The molecule has 0 rings (SSSR count). The Morgan fingerprint density at radius 1 is 1.53 bits per heavy atom. The Balaban J connectivity index is -0.000000720. The molecule has 0 aliphatic heterocycles. The molecule has 76 valence electrons. The summed E-state index contributed by atoms with van der Waals surface area (Å²) in [6.45, 7) is -0.588. The van der Waals surface area contributed by atoms with Gasteiger partial charge in [-0.25, -0.2) is 4.57 Å². The predicted molar refractivity (Wildman–Crippen MR) is 41.3 cm³/mol. The minimum absolute atomic E-state index is 0. The van der Waals surface area contributed by atoms with Crippen LogP contribution in [0.2, 0.25) is 0 Å². The number of aliphatic carboxylic acids is 1. The van der Waals surface area contributed by atoms with E-state index in [9.17, 15) is 14.5 Å². The summed E-state index contributed by atoms with van der Waals surface area (Å²) in [5.41, 5.74) is 5.04. The minimum Gasteiger partial charge on any atom is -0.548 e. The molecule has 8 nitrogen and oxygen atoms in total. The zero-order chi connectivity index (χ0) is 10.6.